The highest BCUT2D eigenvalue weighted by Gasteiger charge is 2.18. The van der Waals surface area contributed by atoms with E-state index in [0.717, 1.165) is 17.3 Å². The van der Waals surface area contributed by atoms with Crippen LogP contribution in [-0.4, -0.2) is 22.3 Å². The lowest BCUT2D eigenvalue weighted by Crippen LogP contribution is -2.11. The van der Waals surface area contributed by atoms with Crippen LogP contribution in [0.3, 0.4) is 0 Å². The van der Waals surface area contributed by atoms with E-state index >= 15 is 0 Å². The number of carbonyl (C=O) groups is 1. The molecule has 4 nitrogen and oxygen atoms in total. The highest BCUT2D eigenvalue weighted by atomic mass is 35.5. The molecule has 0 aliphatic rings. The molecule has 2 N–H and O–H groups in total. The Morgan fingerprint density at radius 3 is 2.74 bits per heavy atom. The smallest absolute Gasteiger partial charge is 0.198 e. The van der Waals surface area contributed by atoms with Crippen molar-refractivity contribution in [2.24, 2.45) is 0 Å². The predicted octanol–water partition coefficient (Wildman–Crippen LogP) is 5.10. The third-order valence-corrected chi connectivity index (χ3v) is 4.72. The molecule has 2 aromatic heterocycles. The van der Waals surface area contributed by atoms with Crippen LogP contribution in [0.5, 0.6) is 0 Å². The highest BCUT2D eigenvalue weighted by molar-refractivity contribution is 6.31. The molecule has 0 spiro atoms. The number of nitrogens with one attached hydrogen (secondary N) is 2. The number of aromatic nitrogens is 2. The van der Waals surface area contributed by atoms with Gasteiger partial charge >= 0.3 is 0 Å². The summed E-state index contributed by atoms with van der Waals surface area (Å²) in [7, 11) is 0. The lowest BCUT2D eigenvalue weighted by molar-refractivity contribution is 0.104. The van der Waals surface area contributed by atoms with Crippen molar-refractivity contribution in [3.8, 4) is 0 Å². The van der Waals surface area contributed by atoms with E-state index in [1.807, 2.05) is 24.3 Å². The van der Waals surface area contributed by atoms with Crippen molar-refractivity contribution in [3.63, 3.8) is 0 Å². The van der Waals surface area contributed by atoms with Crippen LogP contribution < -0.4 is 5.32 Å². The number of hydrogen-bond donors (Lipinski definition) is 2. The standard InChI is InChI=1S/C22H18ClN3O/c23-16-8-9-20-18(13-16)19(14-26-20)21(27)17-7-4-11-24-22(17)25-12-10-15-5-2-1-3-6-15/h1-9,11,13-14,26H,10,12H2,(H,24,25). The minimum atomic E-state index is -0.0844. The number of hydrogen-bond acceptors (Lipinski definition) is 3. The number of anilines is 1. The summed E-state index contributed by atoms with van der Waals surface area (Å²) >= 11 is 6.11. The number of H-pyrrole nitrogens is 1. The molecule has 0 saturated carbocycles. The molecule has 2 aromatic carbocycles. The summed E-state index contributed by atoms with van der Waals surface area (Å²) in [6, 6.07) is 19.3. The number of aromatic amines is 1. The Hall–Kier alpha value is -3.11. The Morgan fingerprint density at radius 2 is 1.89 bits per heavy atom. The summed E-state index contributed by atoms with van der Waals surface area (Å²) in [6.45, 7) is 0.695. The maximum absolute atomic E-state index is 13.1. The Balaban J connectivity index is 1.58. The van der Waals surface area contributed by atoms with Crippen molar-refractivity contribution in [3.05, 3.63) is 94.8 Å². The molecule has 0 saturated heterocycles. The van der Waals surface area contributed by atoms with Gasteiger partial charge in [-0.1, -0.05) is 41.9 Å². The maximum Gasteiger partial charge on any atom is 0.198 e. The largest absolute Gasteiger partial charge is 0.369 e. The Bertz CT molecular complexity index is 1090. The van der Waals surface area contributed by atoms with Crippen molar-refractivity contribution < 1.29 is 4.79 Å². The Labute approximate surface area is 162 Å². The molecular weight excluding hydrogens is 358 g/mol. The second-order valence-corrected chi connectivity index (χ2v) is 6.72. The molecule has 27 heavy (non-hydrogen) atoms. The topological polar surface area (TPSA) is 57.8 Å². The van der Waals surface area contributed by atoms with Gasteiger partial charge in [-0.15, -0.1) is 0 Å². The Kier molecular flexibility index (Phi) is 4.90. The molecule has 0 radical (unpaired) electrons. The third kappa shape index (κ3) is 3.71. The van der Waals surface area contributed by atoms with Gasteiger partial charge in [0.05, 0.1) is 5.56 Å². The van der Waals surface area contributed by atoms with E-state index in [9.17, 15) is 4.79 Å². The number of nitrogens with zero attached hydrogens (tertiary/aromatic N) is 1. The molecule has 4 rings (SSSR count). The zero-order valence-electron chi connectivity index (χ0n) is 14.6. The molecule has 4 aromatic rings. The van der Waals surface area contributed by atoms with Crippen LogP contribution in [0, 0.1) is 0 Å². The molecule has 0 atom stereocenters. The molecule has 0 aliphatic heterocycles. The SMILES string of the molecule is O=C(c1cccnc1NCCc1ccccc1)c1c[nH]c2ccc(Cl)cc12. The van der Waals surface area contributed by atoms with E-state index in [4.69, 9.17) is 11.6 Å². The molecule has 0 amide bonds. The van der Waals surface area contributed by atoms with E-state index in [-0.39, 0.29) is 5.78 Å². The number of pyridine rings is 1. The molecule has 2 heterocycles. The number of rotatable bonds is 6. The first-order valence-electron chi connectivity index (χ1n) is 8.76. The summed E-state index contributed by atoms with van der Waals surface area (Å²) in [6.07, 6.45) is 4.27. The van der Waals surface area contributed by atoms with Crippen molar-refractivity contribution in [2.75, 3.05) is 11.9 Å². The molecule has 0 fully saturated rings. The Morgan fingerprint density at radius 1 is 1.04 bits per heavy atom. The molecular formula is C22H18ClN3O. The van der Waals surface area contributed by atoms with E-state index in [0.29, 0.717) is 28.5 Å². The minimum Gasteiger partial charge on any atom is -0.369 e. The fraction of sp³-hybridized carbons (Fsp3) is 0.0909. The first-order chi connectivity index (χ1) is 13.2. The van der Waals surface area contributed by atoms with Crippen LogP contribution in [0.1, 0.15) is 21.5 Å². The van der Waals surface area contributed by atoms with Gasteiger partial charge in [-0.25, -0.2) is 4.98 Å². The van der Waals surface area contributed by atoms with Gasteiger partial charge in [0.15, 0.2) is 5.78 Å². The molecule has 0 aliphatic carbocycles. The minimum absolute atomic E-state index is 0.0844. The van der Waals surface area contributed by atoms with Gasteiger partial charge in [-0.2, -0.15) is 0 Å². The quantitative estimate of drug-likeness (QED) is 0.461. The normalized spacial score (nSPS) is 10.9. The predicted molar refractivity (Wildman–Crippen MR) is 110 cm³/mol. The highest BCUT2D eigenvalue weighted by Crippen LogP contribution is 2.26. The fourth-order valence-electron chi connectivity index (χ4n) is 3.13. The van der Waals surface area contributed by atoms with E-state index in [1.165, 1.54) is 5.56 Å². The van der Waals surface area contributed by atoms with Gasteiger partial charge < -0.3 is 10.3 Å². The van der Waals surface area contributed by atoms with Crippen LogP contribution in [0.4, 0.5) is 5.82 Å². The average Bonchev–Trinajstić information content (AvgIpc) is 3.12. The maximum atomic E-state index is 13.1. The molecule has 134 valence electrons. The van der Waals surface area contributed by atoms with Crippen LogP contribution in [0.15, 0.2) is 73.1 Å². The second-order valence-electron chi connectivity index (χ2n) is 6.28. The number of halogens is 1. The molecule has 0 unspecified atom stereocenters. The first-order valence-corrected chi connectivity index (χ1v) is 9.14. The van der Waals surface area contributed by atoms with Gasteiger partial charge in [0.1, 0.15) is 5.82 Å². The number of carbonyl (C=O) groups excluding carboxylic acids is 1. The summed E-state index contributed by atoms with van der Waals surface area (Å²) in [4.78, 5) is 20.6. The number of ketones is 1. The van der Waals surface area contributed by atoms with Crippen LogP contribution in [-0.2, 0) is 6.42 Å². The first kappa shape index (κ1) is 17.3. The van der Waals surface area contributed by atoms with Gasteiger partial charge in [0, 0.05) is 40.4 Å². The number of benzene rings is 2. The van der Waals surface area contributed by atoms with Crippen molar-refractivity contribution >= 4 is 34.1 Å². The average molecular weight is 376 g/mol. The summed E-state index contributed by atoms with van der Waals surface area (Å²) in [5, 5.41) is 4.71. The summed E-state index contributed by atoms with van der Waals surface area (Å²) < 4.78 is 0. The second kappa shape index (κ2) is 7.64. The third-order valence-electron chi connectivity index (χ3n) is 4.49. The van der Waals surface area contributed by atoms with Crippen molar-refractivity contribution in [1.29, 1.82) is 0 Å². The van der Waals surface area contributed by atoms with Crippen molar-refractivity contribution in [1.82, 2.24) is 9.97 Å². The van der Waals surface area contributed by atoms with Crippen LogP contribution >= 0.6 is 11.6 Å². The monoisotopic (exact) mass is 375 g/mol. The molecule has 5 heteroatoms. The van der Waals surface area contributed by atoms with E-state index in [2.05, 4.69) is 27.4 Å². The van der Waals surface area contributed by atoms with Crippen molar-refractivity contribution in [2.45, 2.75) is 6.42 Å². The van der Waals surface area contributed by atoms with E-state index in [1.54, 1.807) is 36.7 Å². The van der Waals surface area contributed by atoms with Gasteiger partial charge in [0.2, 0.25) is 0 Å². The van der Waals surface area contributed by atoms with Gasteiger partial charge in [-0.05, 0) is 42.3 Å². The lowest BCUT2D eigenvalue weighted by atomic mass is 10.0. The summed E-state index contributed by atoms with van der Waals surface area (Å²) in [5.74, 6) is 0.508. The zero-order valence-corrected chi connectivity index (χ0v) is 15.3. The summed E-state index contributed by atoms with van der Waals surface area (Å²) in [5.41, 5.74) is 3.25. The van der Waals surface area contributed by atoms with Crippen LogP contribution in [0.2, 0.25) is 5.02 Å². The molecule has 0 bridgehead atoms. The lowest BCUT2D eigenvalue weighted by Gasteiger charge is -2.10. The van der Waals surface area contributed by atoms with Gasteiger partial charge in [0.25, 0.3) is 0 Å². The number of fused-ring (bicyclic) bond motifs is 1. The van der Waals surface area contributed by atoms with E-state index < -0.39 is 0 Å². The zero-order chi connectivity index (χ0) is 18.6. The van der Waals surface area contributed by atoms with Crippen LogP contribution in [0.25, 0.3) is 10.9 Å². The fourth-order valence-corrected chi connectivity index (χ4v) is 3.30. The van der Waals surface area contributed by atoms with Gasteiger partial charge in [-0.3, -0.25) is 4.79 Å².